The predicted molar refractivity (Wildman–Crippen MR) is 86.6 cm³/mol. The Morgan fingerprint density at radius 3 is 2.58 bits per heavy atom. The Labute approximate surface area is 139 Å². The van der Waals surface area contributed by atoms with E-state index in [1.165, 1.54) is 24.1 Å². The first-order valence-corrected chi connectivity index (χ1v) is 7.75. The fourth-order valence-corrected chi connectivity index (χ4v) is 2.73. The van der Waals surface area contributed by atoms with Gasteiger partial charge in [0.05, 0.1) is 5.69 Å². The number of ether oxygens (including phenoxy) is 1. The Morgan fingerprint density at radius 1 is 1.29 bits per heavy atom. The molecule has 0 bridgehead atoms. The van der Waals surface area contributed by atoms with Crippen molar-refractivity contribution in [2.45, 2.75) is 39.8 Å². The molecule has 24 heavy (non-hydrogen) atoms. The second kappa shape index (κ2) is 6.43. The van der Waals surface area contributed by atoms with Crippen LogP contribution < -0.4 is 0 Å². The van der Waals surface area contributed by atoms with Crippen LogP contribution in [0.25, 0.3) is 0 Å². The molecule has 3 rings (SSSR count). The summed E-state index contributed by atoms with van der Waals surface area (Å²) >= 11 is 0. The molecule has 1 amide bonds. The second-order valence-electron chi connectivity index (χ2n) is 5.79. The molecule has 7 heteroatoms. The van der Waals surface area contributed by atoms with Crippen molar-refractivity contribution < 1.29 is 13.9 Å². The normalized spacial score (nSPS) is 16.9. The minimum Gasteiger partial charge on any atom is -0.449 e. The van der Waals surface area contributed by atoms with Gasteiger partial charge in [-0.05, 0) is 38.0 Å². The highest BCUT2D eigenvalue weighted by molar-refractivity contribution is 5.82. The average Bonchev–Trinajstić information content (AvgIpc) is 3.11. The number of hydrazone groups is 1. The molecule has 2 heterocycles. The molecule has 1 aliphatic heterocycles. The third kappa shape index (κ3) is 3.15. The summed E-state index contributed by atoms with van der Waals surface area (Å²) in [7, 11) is 0. The molecule has 0 radical (unpaired) electrons. The van der Waals surface area contributed by atoms with Crippen LogP contribution in [-0.4, -0.2) is 27.0 Å². The number of aryl methyl sites for hydroxylation is 2. The van der Waals surface area contributed by atoms with Crippen LogP contribution in [0.3, 0.4) is 0 Å². The molecule has 1 N–H and O–H groups in total. The summed E-state index contributed by atoms with van der Waals surface area (Å²) in [6.07, 6.45) is 0.627. The fourth-order valence-electron chi connectivity index (χ4n) is 2.73. The number of nitrogens with one attached hydrogen (secondary N) is 1. The average molecular weight is 330 g/mol. The summed E-state index contributed by atoms with van der Waals surface area (Å²) in [4.78, 5) is 11.8. The van der Waals surface area contributed by atoms with Crippen molar-refractivity contribution in [2.75, 3.05) is 0 Å². The van der Waals surface area contributed by atoms with Gasteiger partial charge in [-0.1, -0.05) is 12.1 Å². The molecule has 6 nitrogen and oxygen atoms in total. The number of hydrogen-bond acceptors (Lipinski definition) is 4. The highest BCUT2D eigenvalue weighted by Gasteiger charge is 2.32. The first-order chi connectivity index (χ1) is 11.5. The van der Waals surface area contributed by atoms with Crippen molar-refractivity contribution in [3.8, 4) is 0 Å². The lowest BCUT2D eigenvalue weighted by molar-refractivity contribution is -0.135. The number of amides is 1. The van der Waals surface area contributed by atoms with Crippen LogP contribution in [0, 0.1) is 19.7 Å². The number of H-pyrrole nitrogens is 1. The summed E-state index contributed by atoms with van der Waals surface area (Å²) in [5.41, 5.74) is 3.77. The zero-order chi connectivity index (χ0) is 17.3. The van der Waals surface area contributed by atoms with Gasteiger partial charge in [0.2, 0.25) is 18.0 Å². The molecule has 1 aromatic heterocycles. The Morgan fingerprint density at radius 2 is 2.00 bits per heavy atom. The Bertz CT molecular complexity index is 763. The maximum atomic E-state index is 13.1. The van der Waals surface area contributed by atoms with Crippen LogP contribution in [0.4, 0.5) is 4.39 Å². The number of aromatic amines is 1. The smallest absolute Gasteiger partial charge is 0.243 e. The third-order valence-electron chi connectivity index (χ3n) is 4.04. The number of carbonyl (C=O) groups excluding carboxylic acids is 1. The minimum atomic E-state index is -0.648. The van der Waals surface area contributed by atoms with E-state index in [-0.39, 0.29) is 11.7 Å². The number of benzene rings is 1. The molecule has 0 spiro atoms. The van der Waals surface area contributed by atoms with Crippen molar-refractivity contribution in [3.05, 3.63) is 52.6 Å². The van der Waals surface area contributed by atoms with Gasteiger partial charge in [0, 0.05) is 24.6 Å². The quantitative estimate of drug-likeness (QED) is 0.937. The molecule has 1 aromatic carbocycles. The molecule has 1 atom stereocenters. The van der Waals surface area contributed by atoms with Gasteiger partial charge in [-0.3, -0.25) is 9.89 Å². The van der Waals surface area contributed by atoms with Gasteiger partial charge in [-0.15, -0.1) is 5.10 Å². The Balaban J connectivity index is 1.74. The molecule has 0 aliphatic carbocycles. The highest BCUT2D eigenvalue weighted by Crippen LogP contribution is 2.29. The molecule has 1 aliphatic rings. The van der Waals surface area contributed by atoms with Crippen LogP contribution in [0.5, 0.6) is 0 Å². The summed E-state index contributed by atoms with van der Waals surface area (Å²) < 4.78 is 18.9. The summed E-state index contributed by atoms with van der Waals surface area (Å²) in [5.74, 6) is -0.0762. The maximum Gasteiger partial charge on any atom is 0.243 e. The second-order valence-corrected chi connectivity index (χ2v) is 5.79. The van der Waals surface area contributed by atoms with Crippen LogP contribution in [0.1, 0.15) is 42.1 Å². The Kier molecular flexibility index (Phi) is 4.33. The topological polar surface area (TPSA) is 70.6 Å². The largest absolute Gasteiger partial charge is 0.449 e. The first kappa shape index (κ1) is 16.2. The van der Waals surface area contributed by atoms with Gasteiger partial charge in [-0.25, -0.2) is 4.39 Å². The predicted octanol–water partition coefficient (Wildman–Crippen LogP) is 2.99. The number of aromatic nitrogens is 2. The van der Waals surface area contributed by atoms with E-state index in [1.807, 2.05) is 13.8 Å². The zero-order valence-corrected chi connectivity index (χ0v) is 13.8. The number of rotatable bonds is 4. The first-order valence-electron chi connectivity index (χ1n) is 7.75. The lowest BCUT2D eigenvalue weighted by Gasteiger charge is -2.19. The van der Waals surface area contributed by atoms with Crippen molar-refractivity contribution >= 4 is 11.8 Å². The van der Waals surface area contributed by atoms with Crippen molar-refractivity contribution in [2.24, 2.45) is 5.10 Å². The fraction of sp³-hybridized carbons (Fsp3) is 0.353. The van der Waals surface area contributed by atoms with Crippen molar-refractivity contribution in [3.63, 3.8) is 0 Å². The van der Waals surface area contributed by atoms with Crippen LogP contribution in [0.15, 0.2) is 29.4 Å². The lowest BCUT2D eigenvalue weighted by atomic mass is 10.1. The number of halogens is 1. The van der Waals surface area contributed by atoms with Gasteiger partial charge < -0.3 is 4.74 Å². The number of carbonyl (C=O) groups is 1. The van der Waals surface area contributed by atoms with E-state index in [9.17, 15) is 9.18 Å². The molecular formula is C17H19FN4O2. The van der Waals surface area contributed by atoms with E-state index in [4.69, 9.17) is 4.74 Å². The van der Waals surface area contributed by atoms with Gasteiger partial charge in [0.1, 0.15) is 5.82 Å². The molecule has 0 unspecified atom stereocenters. The zero-order valence-electron chi connectivity index (χ0n) is 13.8. The van der Waals surface area contributed by atoms with E-state index in [1.54, 1.807) is 12.1 Å². The van der Waals surface area contributed by atoms with E-state index >= 15 is 0 Å². The lowest BCUT2D eigenvalue weighted by Crippen LogP contribution is -2.25. The van der Waals surface area contributed by atoms with E-state index in [0.717, 1.165) is 23.4 Å². The molecule has 0 saturated carbocycles. The van der Waals surface area contributed by atoms with Crippen LogP contribution in [0.2, 0.25) is 0 Å². The van der Waals surface area contributed by atoms with Crippen LogP contribution in [-0.2, 0) is 16.0 Å². The van der Waals surface area contributed by atoms with Gasteiger partial charge in [0.25, 0.3) is 0 Å². The van der Waals surface area contributed by atoms with Gasteiger partial charge in [0.15, 0.2) is 0 Å². The SMILES string of the molecule is CC(=O)N1N=C(CCc2c(C)n[nH]c2C)O[C@@H]1c1ccc(F)cc1. The van der Waals surface area contributed by atoms with Crippen LogP contribution >= 0.6 is 0 Å². The van der Waals surface area contributed by atoms with E-state index in [0.29, 0.717) is 17.9 Å². The maximum absolute atomic E-state index is 13.1. The number of nitrogens with zero attached hydrogens (tertiary/aromatic N) is 3. The molecule has 2 aromatic rings. The number of hydrogen-bond donors (Lipinski definition) is 1. The summed E-state index contributed by atoms with van der Waals surface area (Å²) in [6, 6.07) is 5.87. The summed E-state index contributed by atoms with van der Waals surface area (Å²) in [6.45, 7) is 5.34. The minimum absolute atomic E-state index is 0.227. The molecule has 0 fully saturated rings. The molecule has 126 valence electrons. The van der Waals surface area contributed by atoms with E-state index < -0.39 is 6.23 Å². The monoisotopic (exact) mass is 330 g/mol. The Hall–Kier alpha value is -2.70. The standard InChI is InChI=1S/C17H19FN4O2/c1-10-15(11(2)20-19-10)8-9-16-21-22(12(3)23)17(24-16)13-4-6-14(18)7-5-13/h4-7,17H,8-9H2,1-3H3,(H,19,20)/t17-/m1/s1. The molecule has 0 saturated heterocycles. The van der Waals surface area contributed by atoms with Gasteiger partial charge in [-0.2, -0.15) is 10.1 Å². The molecular weight excluding hydrogens is 311 g/mol. The third-order valence-corrected chi connectivity index (χ3v) is 4.04. The van der Waals surface area contributed by atoms with E-state index in [2.05, 4.69) is 15.3 Å². The highest BCUT2D eigenvalue weighted by atomic mass is 19.1. The van der Waals surface area contributed by atoms with Gasteiger partial charge >= 0.3 is 0 Å². The van der Waals surface area contributed by atoms with Crippen molar-refractivity contribution in [1.82, 2.24) is 15.2 Å². The summed E-state index contributed by atoms with van der Waals surface area (Å²) in [5, 5.41) is 12.7. The van der Waals surface area contributed by atoms with Crippen molar-refractivity contribution in [1.29, 1.82) is 0 Å².